The molecule has 1 heterocycles. The molecule has 1 aliphatic heterocycles. The topological polar surface area (TPSA) is 87.0 Å². The second-order valence-electron chi connectivity index (χ2n) is 12.5. The van der Waals surface area contributed by atoms with E-state index in [1.54, 1.807) is 24.3 Å². The standard InChI is InChI=1S/C33H39F9O5/c1-29(22-12-14-23(43)15-13-22)20-47-27-19-24(44)16-17-25(27)26(29)11-7-5-3-2-4-6-9-21(28(45)46)10-8-18-30(34,35)31(36,37)32(38,39)33(40,41)42/h12-17,19,21,26,43-44H,2-11,18,20H2,1H3,(H,45,46). The van der Waals surface area contributed by atoms with Crippen molar-refractivity contribution in [3.8, 4) is 17.2 Å². The van der Waals surface area contributed by atoms with E-state index in [2.05, 4.69) is 6.92 Å². The molecule has 47 heavy (non-hydrogen) atoms. The average Bonchev–Trinajstić information content (AvgIpc) is 2.97. The maximum Gasteiger partial charge on any atom is 0.460 e. The second-order valence-corrected chi connectivity index (χ2v) is 12.5. The lowest BCUT2D eigenvalue weighted by Gasteiger charge is -2.43. The van der Waals surface area contributed by atoms with Gasteiger partial charge in [0.15, 0.2) is 0 Å². The molecule has 0 amide bonds. The number of hydrogen-bond acceptors (Lipinski definition) is 4. The van der Waals surface area contributed by atoms with E-state index in [1.807, 2.05) is 18.2 Å². The molecule has 14 heteroatoms. The number of carboxylic acids is 1. The van der Waals surface area contributed by atoms with Gasteiger partial charge in [-0.1, -0.05) is 63.6 Å². The number of hydrogen-bond donors (Lipinski definition) is 3. The maximum absolute atomic E-state index is 13.8. The lowest BCUT2D eigenvalue weighted by Crippen LogP contribution is -2.60. The van der Waals surface area contributed by atoms with Crippen LogP contribution in [0.1, 0.15) is 94.6 Å². The molecule has 0 saturated carbocycles. The van der Waals surface area contributed by atoms with Crippen molar-refractivity contribution in [2.45, 2.75) is 113 Å². The second kappa shape index (κ2) is 14.8. The first-order valence-electron chi connectivity index (χ1n) is 15.4. The minimum Gasteiger partial charge on any atom is -0.508 e. The lowest BCUT2D eigenvalue weighted by atomic mass is 9.66. The smallest absolute Gasteiger partial charge is 0.460 e. The Morgan fingerprint density at radius 3 is 1.96 bits per heavy atom. The molecule has 264 valence electrons. The Labute approximate surface area is 266 Å². The molecular formula is C33H39F9O5. The molecule has 0 bridgehead atoms. The van der Waals surface area contributed by atoms with Crippen LogP contribution in [0.25, 0.3) is 0 Å². The summed E-state index contributed by atoms with van der Waals surface area (Å²) in [4.78, 5) is 11.5. The van der Waals surface area contributed by atoms with E-state index in [4.69, 9.17) is 4.74 Å². The predicted molar refractivity (Wildman–Crippen MR) is 155 cm³/mol. The highest BCUT2D eigenvalue weighted by Crippen LogP contribution is 2.54. The number of phenolic OH excluding ortho intramolecular Hbond substituents is 2. The highest BCUT2D eigenvalue weighted by molar-refractivity contribution is 5.69. The normalized spacial score (nSPS) is 19.6. The molecule has 3 unspecified atom stereocenters. The predicted octanol–water partition coefficient (Wildman–Crippen LogP) is 9.99. The summed E-state index contributed by atoms with van der Waals surface area (Å²) >= 11 is 0. The van der Waals surface area contributed by atoms with Crippen molar-refractivity contribution in [1.29, 1.82) is 0 Å². The molecule has 3 rings (SSSR count). The fraction of sp³-hybridized carbons (Fsp3) is 0.606. The number of halogens is 9. The van der Waals surface area contributed by atoms with Crippen LogP contribution in [0.3, 0.4) is 0 Å². The molecule has 0 fully saturated rings. The van der Waals surface area contributed by atoms with Crippen molar-refractivity contribution in [3.05, 3.63) is 53.6 Å². The number of phenols is 2. The zero-order chi connectivity index (χ0) is 35.3. The van der Waals surface area contributed by atoms with Crippen molar-refractivity contribution in [1.82, 2.24) is 0 Å². The summed E-state index contributed by atoms with van der Waals surface area (Å²) < 4.78 is 124. The Morgan fingerprint density at radius 1 is 0.809 bits per heavy atom. The van der Waals surface area contributed by atoms with Gasteiger partial charge in [0.1, 0.15) is 17.2 Å². The third kappa shape index (κ3) is 8.59. The van der Waals surface area contributed by atoms with Crippen LogP contribution in [0, 0.1) is 5.92 Å². The van der Waals surface area contributed by atoms with E-state index in [0.29, 0.717) is 25.2 Å². The molecule has 1 aliphatic rings. The van der Waals surface area contributed by atoms with Crippen LogP contribution < -0.4 is 4.74 Å². The summed E-state index contributed by atoms with van der Waals surface area (Å²) in [6, 6.07) is 12.0. The zero-order valence-corrected chi connectivity index (χ0v) is 25.7. The van der Waals surface area contributed by atoms with Gasteiger partial charge in [-0.05, 0) is 55.0 Å². The largest absolute Gasteiger partial charge is 0.508 e. The first-order valence-corrected chi connectivity index (χ1v) is 15.4. The van der Waals surface area contributed by atoms with E-state index in [-0.39, 0.29) is 23.8 Å². The van der Waals surface area contributed by atoms with Gasteiger partial charge in [0.25, 0.3) is 0 Å². The number of carbonyl (C=O) groups is 1. The Bertz CT molecular complexity index is 1330. The van der Waals surface area contributed by atoms with Crippen LogP contribution in [-0.2, 0) is 10.2 Å². The quantitative estimate of drug-likeness (QED) is 0.114. The molecule has 2 aromatic carbocycles. The molecule has 0 aliphatic carbocycles. The number of aliphatic carboxylic acids is 1. The van der Waals surface area contributed by atoms with Gasteiger partial charge in [0.2, 0.25) is 0 Å². The number of rotatable bonds is 17. The third-order valence-corrected chi connectivity index (χ3v) is 9.09. The van der Waals surface area contributed by atoms with Crippen molar-refractivity contribution in [2.75, 3.05) is 6.61 Å². The van der Waals surface area contributed by atoms with Crippen LogP contribution in [0.2, 0.25) is 0 Å². The Morgan fingerprint density at radius 2 is 1.36 bits per heavy atom. The number of fused-ring (bicyclic) bond motifs is 1. The van der Waals surface area contributed by atoms with Crippen LogP contribution in [0.4, 0.5) is 39.5 Å². The van der Waals surface area contributed by atoms with Crippen molar-refractivity contribution < 1.29 is 64.4 Å². The number of carboxylic acid groups (broad SMARTS) is 1. The van der Waals surface area contributed by atoms with Gasteiger partial charge in [-0.3, -0.25) is 4.79 Å². The summed E-state index contributed by atoms with van der Waals surface area (Å²) in [6.07, 6.45) is -5.54. The van der Waals surface area contributed by atoms with Gasteiger partial charge in [-0.2, -0.15) is 39.5 Å². The van der Waals surface area contributed by atoms with Crippen LogP contribution in [-0.4, -0.2) is 51.8 Å². The summed E-state index contributed by atoms with van der Waals surface area (Å²) in [5.74, 6) is -21.1. The number of alkyl halides is 9. The maximum atomic E-state index is 13.8. The first-order chi connectivity index (χ1) is 21.7. The summed E-state index contributed by atoms with van der Waals surface area (Å²) in [6.45, 7) is 2.45. The number of unbranched alkanes of at least 4 members (excludes halogenated alkanes) is 5. The van der Waals surface area contributed by atoms with Gasteiger partial charge >= 0.3 is 29.9 Å². The highest BCUT2D eigenvalue weighted by atomic mass is 19.4. The van der Waals surface area contributed by atoms with Crippen LogP contribution >= 0.6 is 0 Å². The molecule has 0 spiro atoms. The Hall–Kier alpha value is -3.32. The molecular weight excluding hydrogens is 647 g/mol. The van der Waals surface area contributed by atoms with E-state index < -0.39 is 60.5 Å². The van der Waals surface area contributed by atoms with E-state index >= 15 is 0 Å². The van der Waals surface area contributed by atoms with E-state index in [9.17, 15) is 59.6 Å². The SMILES string of the molecule is CC1(c2ccc(O)cc2)COc2cc(O)ccc2C1CCCCCCCCC(CCCC(F)(F)C(F)(F)C(F)(F)C(F)(F)F)C(=O)O. The Kier molecular flexibility index (Phi) is 12.0. The molecule has 0 aromatic heterocycles. The zero-order valence-electron chi connectivity index (χ0n) is 25.7. The Balaban J connectivity index is 1.46. The minimum atomic E-state index is -6.96. The molecule has 3 atom stereocenters. The van der Waals surface area contributed by atoms with Gasteiger partial charge < -0.3 is 20.1 Å². The number of ether oxygens (including phenoxy) is 1. The van der Waals surface area contributed by atoms with Crippen molar-refractivity contribution in [3.63, 3.8) is 0 Å². The highest BCUT2D eigenvalue weighted by Gasteiger charge is 2.81. The third-order valence-electron chi connectivity index (χ3n) is 9.09. The first kappa shape index (κ1) is 38.1. The fourth-order valence-electron chi connectivity index (χ4n) is 6.18. The minimum absolute atomic E-state index is 0.00664. The number of aromatic hydroxyl groups is 2. The molecule has 3 N–H and O–H groups in total. The van der Waals surface area contributed by atoms with Crippen molar-refractivity contribution >= 4 is 5.97 Å². The molecule has 0 radical (unpaired) electrons. The van der Waals surface area contributed by atoms with Gasteiger partial charge in [-0.25, -0.2) is 0 Å². The summed E-state index contributed by atoms with van der Waals surface area (Å²) in [7, 11) is 0. The van der Waals surface area contributed by atoms with E-state index in [1.165, 1.54) is 0 Å². The fourth-order valence-corrected chi connectivity index (χ4v) is 6.18. The number of benzene rings is 2. The molecule has 2 aromatic rings. The molecule has 0 saturated heterocycles. The summed E-state index contributed by atoms with van der Waals surface area (Å²) in [5.41, 5.74) is 1.53. The average molecular weight is 687 g/mol. The monoisotopic (exact) mass is 686 g/mol. The van der Waals surface area contributed by atoms with Gasteiger partial charge in [0, 0.05) is 23.8 Å². The lowest BCUT2D eigenvalue weighted by molar-refractivity contribution is -0.396. The van der Waals surface area contributed by atoms with Crippen molar-refractivity contribution in [2.24, 2.45) is 5.92 Å². The van der Waals surface area contributed by atoms with Gasteiger partial charge in [-0.15, -0.1) is 0 Å². The molecule has 5 nitrogen and oxygen atoms in total. The van der Waals surface area contributed by atoms with Gasteiger partial charge in [0.05, 0.1) is 12.5 Å². The summed E-state index contributed by atoms with van der Waals surface area (Å²) in [5, 5.41) is 29.1. The van der Waals surface area contributed by atoms with Crippen LogP contribution in [0.15, 0.2) is 42.5 Å². The van der Waals surface area contributed by atoms with E-state index in [0.717, 1.165) is 43.2 Å². The van der Waals surface area contributed by atoms with Crippen LogP contribution in [0.5, 0.6) is 17.2 Å².